The maximum Gasteiger partial charge on any atom is 0.328 e. The van der Waals surface area contributed by atoms with E-state index in [9.17, 15) is 19.2 Å². The van der Waals surface area contributed by atoms with Crippen molar-refractivity contribution in [3.63, 3.8) is 0 Å². The molecule has 12 nitrogen and oxygen atoms in total. The van der Waals surface area contributed by atoms with E-state index in [0.29, 0.717) is 40.5 Å². The number of hydrogen-bond donors (Lipinski definition) is 2. The zero-order valence-corrected chi connectivity index (χ0v) is 31.2. The van der Waals surface area contributed by atoms with E-state index in [1.54, 1.807) is 44.5 Å². The molecule has 54 heavy (non-hydrogen) atoms. The van der Waals surface area contributed by atoms with Gasteiger partial charge in [0, 0.05) is 18.1 Å². The summed E-state index contributed by atoms with van der Waals surface area (Å²) in [5.41, 5.74) is 3.99. The van der Waals surface area contributed by atoms with Crippen LogP contribution in [0.2, 0.25) is 0 Å². The third-order valence-electron chi connectivity index (χ3n) is 8.77. The van der Waals surface area contributed by atoms with E-state index >= 15 is 0 Å². The monoisotopic (exact) mass is 738 g/mol. The molecule has 1 heterocycles. The van der Waals surface area contributed by atoms with Gasteiger partial charge in [-0.3, -0.25) is 9.59 Å². The number of carbonyl (C=O) groups excluding carboxylic acids is 4. The van der Waals surface area contributed by atoms with Crippen LogP contribution >= 0.6 is 0 Å². The molecule has 1 aliphatic rings. The summed E-state index contributed by atoms with van der Waals surface area (Å²) in [5.74, 6) is 0.0806. The minimum Gasteiger partial charge on any atom is -0.493 e. The molecule has 5 rings (SSSR count). The Balaban J connectivity index is 0.000000390. The van der Waals surface area contributed by atoms with Crippen LogP contribution in [0.25, 0.3) is 6.08 Å². The van der Waals surface area contributed by atoms with Crippen molar-refractivity contribution in [3.05, 3.63) is 125 Å². The molecule has 2 N–H and O–H groups in total. The van der Waals surface area contributed by atoms with Gasteiger partial charge in [-0.2, -0.15) is 0 Å². The van der Waals surface area contributed by atoms with Gasteiger partial charge >= 0.3 is 11.9 Å². The number of ether oxygens (including phenoxy) is 6. The smallest absolute Gasteiger partial charge is 0.328 e. The predicted octanol–water partition coefficient (Wildman–Crippen LogP) is 5.03. The number of carbonyl (C=O) groups is 4. The Morgan fingerprint density at radius 3 is 1.83 bits per heavy atom. The molecule has 4 aromatic rings. The van der Waals surface area contributed by atoms with E-state index in [0.717, 1.165) is 23.0 Å². The van der Waals surface area contributed by atoms with Crippen molar-refractivity contribution in [2.75, 3.05) is 42.6 Å². The summed E-state index contributed by atoms with van der Waals surface area (Å²) in [6.07, 6.45) is 4.07. The van der Waals surface area contributed by atoms with Gasteiger partial charge in [-0.25, -0.2) is 4.79 Å². The lowest BCUT2D eigenvalue weighted by Gasteiger charge is -2.17. The SMILES string of the molecule is CNC(Cc1ccccc1)C(=O)OC.COC(=O)C(Cc1ccccc1)NC(=O)/C=C/c1cc(OC)c2c(c1)C(C=O)C(c1ccc(OC)c(OC)c1)O2. The molecule has 12 heteroatoms. The second kappa shape index (κ2) is 20.2. The Morgan fingerprint density at radius 1 is 0.722 bits per heavy atom. The lowest BCUT2D eigenvalue weighted by molar-refractivity contribution is -0.144. The standard InChI is InChI=1S/C31H31NO8.C11H15NO2/c1-36-25-12-11-21(17-26(25)37-2)29-23(18-33)22-14-20(16-27(38-3)30(22)40-29)10-13-28(34)32-24(31(35)39-4)15-19-8-6-5-7-9-19;1-12-10(11(13)14-2)8-9-6-4-3-5-7-9/h5-14,16-18,23-24,29H,15H2,1-4H3,(H,32,34);3-7,10,12H,8H2,1-2H3/b13-10+;. The highest BCUT2D eigenvalue weighted by molar-refractivity contribution is 5.95. The number of fused-ring (bicyclic) bond motifs is 1. The van der Waals surface area contributed by atoms with E-state index < -0.39 is 29.9 Å². The molecule has 4 aromatic carbocycles. The first-order chi connectivity index (χ1) is 26.2. The van der Waals surface area contributed by atoms with E-state index in [4.69, 9.17) is 23.7 Å². The molecular weight excluding hydrogens is 692 g/mol. The molecule has 0 aromatic heterocycles. The van der Waals surface area contributed by atoms with Crippen LogP contribution < -0.4 is 29.6 Å². The van der Waals surface area contributed by atoms with Crippen LogP contribution in [0.15, 0.2) is 97.1 Å². The van der Waals surface area contributed by atoms with Crippen LogP contribution in [0, 0.1) is 0 Å². The van der Waals surface area contributed by atoms with Crippen molar-refractivity contribution in [3.8, 4) is 23.0 Å². The summed E-state index contributed by atoms with van der Waals surface area (Å²) < 4.78 is 32.0. The van der Waals surface area contributed by atoms with Crippen LogP contribution in [0.5, 0.6) is 23.0 Å². The van der Waals surface area contributed by atoms with E-state index in [1.807, 2.05) is 66.7 Å². The highest BCUT2D eigenvalue weighted by atomic mass is 16.5. The number of nitrogens with one attached hydrogen (secondary N) is 2. The lowest BCUT2D eigenvalue weighted by atomic mass is 9.91. The highest BCUT2D eigenvalue weighted by Crippen LogP contribution is 2.51. The number of rotatable bonds is 15. The van der Waals surface area contributed by atoms with Gasteiger partial charge in [0.05, 0.1) is 41.5 Å². The van der Waals surface area contributed by atoms with Crippen molar-refractivity contribution in [1.29, 1.82) is 0 Å². The molecular formula is C42H46N2O10. The molecule has 1 amide bonds. The number of benzene rings is 4. The quantitative estimate of drug-likeness (QED) is 0.0962. The van der Waals surface area contributed by atoms with Gasteiger partial charge in [0.2, 0.25) is 5.91 Å². The number of methoxy groups -OCH3 is 5. The summed E-state index contributed by atoms with van der Waals surface area (Å²) in [6.45, 7) is 0. The fourth-order valence-electron chi connectivity index (χ4n) is 5.95. The van der Waals surface area contributed by atoms with Crippen LogP contribution in [0.1, 0.15) is 39.8 Å². The average Bonchev–Trinajstić information content (AvgIpc) is 3.60. The van der Waals surface area contributed by atoms with Crippen molar-refractivity contribution >= 4 is 30.2 Å². The molecule has 0 bridgehead atoms. The molecule has 0 aliphatic carbocycles. The van der Waals surface area contributed by atoms with Gasteiger partial charge in [0.15, 0.2) is 23.0 Å². The lowest BCUT2D eigenvalue weighted by Crippen LogP contribution is -2.42. The van der Waals surface area contributed by atoms with Crippen molar-refractivity contribution in [1.82, 2.24) is 10.6 Å². The maximum absolute atomic E-state index is 12.8. The number of likely N-dealkylation sites (N-methyl/N-ethyl adjacent to an activating group) is 1. The average molecular weight is 739 g/mol. The summed E-state index contributed by atoms with van der Waals surface area (Å²) in [6, 6.07) is 26.9. The number of aldehydes is 1. The maximum atomic E-state index is 12.8. The third-order valence-corrected chi connectivity index (χ3v) is 8.77. The fourth-order valence-corrected chi connectivity index (χ4v) is 5.95. The first-order valence-electron chi connectivity index (χ1n) is 17.1. The first-order valence-corrected chi connectivity index (χ1v) is 17.1. The first kappa shape index (κ1) is 40.6. The van der Waals surface area contributed by atoms with Gasteiger partial charge in [0.1, 0.15) is 24.5 Å². The van der Waals surface area contributed by atoms with E-state index in [2.05, 4.69) is 15.4 Å². The predicted molar refractivity (Wildman–Crippen MR) is 203 cm³/mol. The van der Waals surface area contributed by atoms with Gasteiger partial charge in [-0.15, -0.1) is 0 Å². The van der Waals surface area contributed by atoms with Crippen LogP contribution in [-0.4, -0.2) is 78.8 Å². The fraction of sp³-hybridized carbons (Fsp3) is 0.286. The normalized spacial score (nSPS) is 15.3. The minimum atomic E-state index is -0.853. The van der Waals surface area contributed by atoms with Gasteiger partial charge in [-0.1, -0.05) is 66.7 Å². The molecule has 0 fully saturated rings. The van der Waals surface area contributed by atoms with Crippen molar-refractivity contribution in [2.24, 2.45) is 0 Å². The summed E-state index contributed by atoms with van der Waals surface area (Å²) in [5, 5.41) is 5.63. The Morgan fingerprint density at radius 2 is 1.30 bits per heavy atom. The zero-order chi connectivity index (χ0) is 39.0. The Bertz CT molecular complexity index is 1900. The summed E-state index contributed by atoms with van der Waals surface area (Å²) >= 11 is 0. The van der Waals surface area contributed by atoms with Crippen LogP contribution in [0.3, 0.4) is 0 Å². The molecule has 4 atom stereocenters. The van der Waals surface area contributed by atoms with Gasteiger partial charge < -0.3 is 43.8 Å². The van der Waals surface area contributed by atoms with Crippen molar-refractivity contribution < 1.29 is 47.6 Å². The van der Waals surface area contributed by atoms with Crippen LogP contribution in [-0.2, 0) is 41.5 Å². The molecule has 0 spiro atoms. The molecule has 4 unspecified atom stereocenters. The van der Waals surface area contributed by atoms with Crippen molar-refractivity contribution in [2.45, 2.75) is 36.9 Å². The van der Waals surface area contributed by atoms with Gasteiger partial charge in [-0.05, 0) is 66.1 Å². The molecule has 0 saturated carbocycles. The molecule has 0 saturated heterocycles. The second-order valence-corrected chi connectivity index (χ2v) is 12.1. The second-order valence-electron chi connectivity index (χ2n) is 12.1. The largest absolute Gasteiger partial charge is 0.493 e. The molecule has 0 radical (unpaired) electrons. The highest BCUT2D eigenvalue weighted by Gasteiger charge is 2.38. The number of esters is 2. The third kappa shape index (κ3) is 10.5. The number of amides is 1. The number of hydrogen-bond acceptors (Lipinski definition) is 11. The molecule has 284 valence electrons. The zero-order valence-electron chi connectivity index (χ0n) is 31.2. The van der Waals surface area contributed by atoms with Crippen LogP contribution in [0.4, 0.5) is 0 Å². The molecule has 1 aliphatic heterocycles. The topological polar surface area (TPSA) is 148 Å². The van der Waals surface area contributed by atoms with E-state index in [1.165, 1.54) is 34.5 Å². The summed E-state index contributed by atoms with van der Waals surface area (Å²) in [4.78, 5) is 48.6. The van der Waals surface area contributed by atoms with E-state index in [-0.39, 0.29) is 18.4 Å². The Labute approximate surface area is 315 Å². The minimum absolute atomic E-state index is 0.226. The summed E-state index contributed by atoms with van der Waals surface area (Å²) in [7, 11) is 9.02. The Kier molecular flexibility index (Phi) is 15.2. The Hall–Kier alpha value is -6.14. The van der Waals surface area contributed by atoms with Gasteiger partial charge in [0.25, 0.3) is 0 Å².